The molecule has 682 valence electrons. The first-order valence-electron chi connectivity index (χ1n) is 54.0. The quantitative estimate of drug-likeness (QED) is 0.0750. The number of anilines is 6. The molecule has 12 aromatic rings. The van der Waals surface area contributed by atoms with Crippen LogP contribution in [0.1, 0.15) is 412 Å². The third-order valence-electron chi connectivity index (χ3n) is 35.6. The van der Waals surface area contributed by atoms with Gasteiger partial charge in [0.1, 0.15) is 0 Å². The molecule has 0 radical (unpaired) electrons. The summed E-state index contributed by atoms with van der Waals surface area (Å²) in [5.74, 6) is 7.61. The molecule has 0 N–H and O–H groups in total. The van der Waals surface area contributed by atoms with Gasteiger partial charge in [-0.3, -0.25) is 0 Å². The molecule has 7 fully saturated rings. The van der Waals surface area contributed by atoms with Crippen LogP contribution in [0.4, 0.5) is 34.1 Å². The Morgan fingerprint density at radius 1 is 0.197 bits per heavy atom. The van der Waals surface area contributed by atoms with Gasteiger partial charge in [-0.25, -0.2) is 0 Å². The lowest BCUT2D eigenvalue weighted by Crippen LogP contribution is -2.23. The van der Waals surface area contributed by atoms with Crippen molar-refractivity contribution >= 4 is 34.1 Å². The maximum atomic E-state index is 2.70. The van der Waals surface area contributed by atoms with Crippen LogP contribution in [0.3, 0.4) is 0 Å². The van der Waals surface area contributed by atoms with E-state index in [0.717, 1.165) is 17.8 Å². The van der Waals surface area contributed by atoms with Crippen LogP contribution in [0, 0.1) is 17.8 Å². The summed E-state index contributed by atoms with van der Waals surface area (Å²) in [6, 6.07) is 109. The van der Waals surface area contributed by atoms with Gasteiger partial charge in [-0.1, -0.05) is 394 Å². The van der Waals surface area contributed by atoms with Crippen LogP contribution in [-0.2, 0) is 10.8 Å². The Balaban J connectivity index is 0.000000166. The first-order valence-corrected chi connectivity index (χ1v) is 54.0. The lowest BCUT2D eigenvalue weighted by Gasteiger charge is -2.31. The Labute approximate surface area is 796 Å². The van der Waals surface area contributed by atoms with E-state index in [-0.39, 0.29) is 10.8 Å². The van der Waals surface area contributed by atoms with Gasteiger partial charge in [0, 0.05) is 45.0 Å². The summed E-state index contributed by atoms with van der Waals surface area (Å²) in [4.78, 5) is 5.06. The van der Waals surface area contributed by atoms with E-state index >= 15 is 0 Å². The molecular formula is C130H152N2. The van der Waals surface area contributed by atoms with Crippen LogP contribution < -0.4 is 9.80 Å². The second-order valence-electron chi connectivity index (χ2n) is 43.3. The minimum absolute atomic E-state index is 0.256. The molecule has 0 aliphatic heterocycles. The molecule has 2 unspecified atom stereocenters. The number of hydrogen-bond acceptors (Lipinski definition) is 2. The maximum Gasteiger partial charge on any atom is 0.0465 e. The highest BCUT2D eigenvalue weighted by molar-refractivity contribution is 5.90. The summed E-state index contributed by atoms with van der Waals surface area (Å²) < 4.78 is 0. The summed E-state index contributed by atoms with van der Waals surface area (Å²) in [5.41, 5.74) is 36.8. The number of nitrogens with zero attached hydrogens (tertiary/aromatic N) is 2. The Morgan fingerprint density at radius 2 is 0.432 bits per heavy atom. The topological polar surface area (TPSA) is 6.48 Å². The fourth-order valence-electron chi connectivity index (χ4n) is 27.3. The average Bonchev–Trinajstić information content (AvgIpc) is 1.56. The van der Waals surface area contributed by atoms with E-state index in [4.69, 9.17) is 0 Å². The molecule has 2 nitrogen and oxygen atoms in total. The minimum atomic E-state index is -0.265. The largest absolute Gasteiger partial charge is 0.310 e. The van der Waals surface area contributed by atoms with Gasteiger partial charge in [0.25, 0.3) is 0 Å². The van der Waals surface area contributed by atoms with Crippen LogP contribution in [0.25, 0.3) is 44.5 Å². The van der Waals surface area contributed by atoms with Gasteiger partial charge in [-0.05, 0) is 353 Å². The van der Waals surface area contributed by atoms with Gasteiger partial charge in [-0.15, -0.1) is 0 Å². The number of fused-ring (bicyclic) bond motifs is 6. The maximum absolute atomic E-state index is 2.70. The lowest BCUT2D eigenvalue weighted by atomic mass is 9.73. The predicted octanol–water partition coefficient (Wildman–Crippen LogP) is 38.9. The van der Waals surface area contributed by atoms with Gasteiger partial charge >= 0.3 is 0 Å². The Bertz CT molecular complexity index is 5690. The zero-order valence-electron chi connectivity index (χ0n) is 81.1. The van der Waals surface area contributed by atoms with Crippen molar-refractivity contribution in [1.82, 2.24) is 0 Å². The first-order chi connectivity index (χ1) is 65.0. The SMILES string of the molecule is CCC1CCCC(c2cc(-c3ccc(N(c4ccc(C5CCCCC5)cc4)c4ccc5c(c4)C(C)(c4ccc(C6CCCCC6)cc4)c4ccccc4-5)cc3)cc(C3CCCC(CC)CCC3)c2)CCC1.CCC1CCCC(c2ccc(-c3ccc(N(c4ccc(C5CCCCC5)cc4)c4ccc5c(c4)C(C)(c4ccc(C6CCCCC6)cc4)c4ccccc4-5)cc3)cc2)CCC1. The molecule has 0 spiro atoms. The molecule has 2 heteroatoms. The highest BCUT2D eigenvalue weighted by Gasteiger charge is 2.44. The van der Waals surface area contributed by atoms with Crippen LogP contribution in [0.2, 0.25) is 0 Å². The number of benzene rings is 12. The van der Waals surface area contributed by atoms with Gasteiger partial charge in [-0.2, -0.15) is 0 Å². The summed E-state index contributed by atoms with van der Waals surface area (Å²) in [6.07, 6.45) is 55.8. The fraction of sp³-hybridized carbons (Fsp3) is 0.446. The molecule has 9 aliphatic rings. The molecule has 132 heavy (non-hydrogen) atoms. The van der Waals surface area contributed by atoms with Gasteiger partial charge < -0.3 is 9.80 Å². The van der Waals surface area contributed by atoms with Crippen LogP contribution >= 0.6 is 0 Å². The van der Waals surface area contributed by atoms with Gasteiger partial charge in [0.2, 0.25) is 0 Å². The van der Waals surface area contributed by atoms with Crippen molar-refractivity contribution in [1.29, 1.82) is 0 Å². The summed E-state index contributed by atoms with van der Waals surface area (Å²) >= 11 is 0. The summed E-state index contributed by atoms with van der Waals surface area (Å²) in [6.45, 7) is 12.2. The smallest absolute Gasteiger partial charge is 0.0465 e. The van der Waals surface area contributed by atoms with E-state index in [1.807, 2.05) is 0 Å². The van der Waals surface area contributed by atoms with E-state index < -0.39 is 0 Å². The van der Waals surface area contributed by atoms with Crippen LogP contribution in [-0.4, -0.2) is 0 Å². The number of hydrogen-bond donors (Lipinski definition) is 0. The van der Waals surface area contributed by atoms with Crippen LogP contribution in [0.15, 0.2) is 273 Å². The Kier molecular flexibility index (Phi) is 28.4. The van der Waals surface area contributed by atoms with E-state index in [2.05, 4.69) is 317 Å². The van der Waals surface area contributed by atoms with Crippen molar-refractivity contribution in [2.24, 2.45) is 17.8 Å². The summed E-state index contributed by atoms with van der Waals surface area (Å²) in [5, 5.41) is 0. The average molecular weight is 1740 g/mol. The van der Waals surface area contributed by atoms with Crippen LogP contribution in [0.5, 0.6) is 0 Å². The minimum Gasteiger partial charge on any atom is -0.310 e. The molecule has 21 rings (SSSR count). The molecule has 2 atom stereocenters. The van der Waals surface area contributed by atoms with Crippen molar-refractivity contribution in [2.75, 3.05) is 9.80 Å². The lowest BCUT2D eigenvalue weighted by molar-refractivity contribution is 0.347. The zero-order valence-corrected chi connectivity index (χ0v) is 81.1. The third-order valence-corrected chi connectivity index (χ3v) is 35.6. The standard InChI is InChI=1S/C70H85N.C60H67N/c1-4-50-18-14-26-54(27-15-19-50)59-46-60(55-28-16-20-51(5-2)21-17-29-55)48-61(47-59)58-36-42-64(43-37-58)71(63-40-34-57(35-41-63)53-24-10-7-11-25-53)65-44-45-67-66-30-12-13-31-68(66)70(3,69(67)49-65)62-38-32-56(33-39-62)52-22-8-6-9-23-52;1-3-43-14-12-20-46(21-13-15-43)47-24-26-48(27-25-47)51-32-38-54(39-33-51)61(53-36-30-50(31-37-53)45-18-8-5-9-19-45)55-40-41-57-56-22-10-11-23-58(56)60(2,59(57)42-55)52-34-28-49(29-35-52)44-16-6-4-7-17-44/h12-13,30-55H,4-11,14-29H2,1-3H3;10-11,22-46H,3-9,12-21H2,1-2H3. The zero-order chi connectivity index (χ0) is 89.3. The monoisotopic (exact) mass is 1740 g/mol. The van der Waals surface area contributed by atoms with E-state index in [9.17, 15) is 0 Å². The Morgan fingerprint density at radius 3 is 0.735 bits per heavy atom. The van der Waals surface area contributed by atoms with E-state index in [1.165, 1.54) is 403 Å². The highest BCUT2D eigenvalue weighted by Crippen LogP contribution is 2.58. The molecule has 0 aromatic heterocycles. The fourth-order valence-corrected chi connectivity index (χ4v) is 27.3. The van der Waals surface area contributed by atoms with Crippen molar-refractivity contribution in [3.05, 3.63) is 345 Å². The molecular weight excluding hydrogens is 1590 g/mol. The van der Waals surface area contributed by atoms with E-state index in [0.29, 0.717) is 41.4 Å². The first kappa shape index (κ1) is 90.1. The Hall–Kier alpha value is -9.76. The predicted molar refractivity (Wildman–Crippen MR) is 564 cm³/mol. The second-order valence-corrected chi connectivity index (χ2v) is 43.3. The summed E-state index contributed by atoms with van der Waals surface area (Å²) in [7, 11) is 0. The van der Waals surface area contributed by atoms with Crippen molar-refractivity contribution in [3.8, 4) is 44.5 Å². The number of rotatable bonds is 20. The van der Waals surface area contributed by atoms with E-state index in [1.54, 1.807) is 11.1 Å². The molecule has 9 aliphatic carbocycles. The van der Waals surface area contributed by atoms with Crippen molar-refractivity contribution in [2.45, 2.75) is 350 Å². The van der Waals surface area contributed by atoms with Crippen molar-refractivity contribution in [3.63, 3.8) is 0 Å². The second kappa shape index (κ2) is 41.6. The third kappa shape index (κ3) is 19.2. The van der Waals surface area contributed by atoms with Crippen molar-refractivity contribution < 1.29 is 0 Å². The van der Waals surface area contributed by atoms with Gasteiger partial charge in [0.05, 0.1) is 0 Å². The highest BCUT2D eigenvalue weighted by atomic mass is 15.1. The molecule has 0 saturated heterocycles. The molecule has 0 bridgehead atoms. The van der Waals surface area contributed by atoms with Gasteiger partial charge in [0.15, 0.2) is 0 Å². The molecule has 0 amide bonds. The normalized spacial score (nSPS) is 23.4. The molecule has 12 aromatic carbocycles. The molecule has 0 heterocycles. The molecule has 7 saturated carbocycles.